The van der Waals surface area contributed by atoms with Crippen molar-refractivity contribution in [3.8, 4) is 0 Å². The molecular formula is C24H31N7O7. The Hall–Kier alpha value is -4.49. The molecule has 0 spiro atoms. The number of carbonyl (C=O) groups is 3. The molecule has 2 heterocycles. The largest absolute Gasteiger partial charge is 0.466 e. The van der Waals surface area contributed by atoms with Crippen molar-refractivity contribution in [3.63, 3.8) is 0 Å². The Bertz CT molecular complexity index is 1220. The number of anilines is 3. The number of aromatic nitrogens is 2. The molecule has 204 valence electrons. The number of nitroso groups, excluding NO2 is 1. The number of amides is 1. The van der Waals surface area contributed by atoms with Gasteiger partial charge in [-0.1, -0.05) is 0 Å². The summed E-state index contributed by atoms with van der Waals surface area (Å²) in [5.41, 5.74) is 6.74. The van der Waals surface area contributed by atoms with Gasteiger partial charge in [-0.25, -0.2) is 14.8 Å². The average molecular weight is 530 g/mol. The maximum atomic E-state index is 12.8. The van der Waals surface area contributed by atoms with Crippen LogP contribution in [-0.4, -0.2) is 59.7 Å². The second-order valence-corrected chi connectivity index (χ2v) is 8.49. The van der Waals surface area contributed by atoms with Crippen LogP contribution in [-0.2, 0) is 25.5 Å². The lowest BCUT2D eigenvalue weighted by molar-refractivity contribution is -0.146. The summed E-state index contributed by atoms with van der Waals surface area (Å²) >= 11 is 0. The van der Waals surface area contributed by atoms with E-state index in [-0.39, 0.29) is 55.7 Å². The van der Waals surface area contributed by atoms with E-state index in [9.17, 15) is 24.1 Å². The number of nitrogens with one attached hydrogen (secondary N) is 3. The number of carbonyl (C=O) groups excluding carboxylic acids is 3. The first-order valence-electron chi connectivity index (χ1n) is 12.2. The predicted octanol–water partition coefficient (Wildman–Crippen LogP) is 1.27. The van der Waals surface area contributed by atoms with Crippen molar-refractivity contribution in [3.05, 3.63) is 50.8 Å². The molecule has 38 heavy (non-hydrogen) atoms. The Morgan fingerprint density at radius 1 is 1.21 bits per heavy atom. The van der Waals surface area contributed by atoms with E-state index >= 15 is 0 Å². The lowest BCUT2D eigenvalue weighted by Crippen LogP contribution is -2.42. The third-order valence-electron chi connectivity index (χ3n) is 5.83. The van der Waals surface area contributed by atoms with Crippen LogP contribution in [0.5, 0.6) is 0 Å². The number of ether oxygens (including phenoxy) is 2. The molecule has 1 aromatic carbocycles. The number of nitrogen functional groups attached to an aromatic ring is 1. The number of nitrogens with zero attached hydrogens (tertiary/aromatic N) is 3. The van der Waals surface area contributed by atoms with Crippen LogP contribution in [0, 0.1) is 4.91 Å². The number of H-pyrrole nitrogens is 1. The highest BCUT2D eigenvalue weighted by molar-refractivity contribution is 5.97. The Morgan fingerprint density at radius 3 is 2.58 bits per heavy atom. The zero-order valence-corrected chi connectivity index (χ0v) is 21.2. The molecule has 2 aromatic rings. The number of esters is 2. The van der Waals surface area contributed by atoms with Crippen molar-refractivity contribution < 1.29 is 23.9 Å². The quantitative estimate of drug-likeness (QED) is 0.175. The van der Waals surface area contributed by atoms with Gasteiger partial charge in [0.25, 0.3) is 11.5 Å². The molecule has 2 atom stereocenters. The summed E-state index contributed by atoms with van der Waals surface area (Å²) in [6, 6.07) is 4.75. The van der Waals surface area contributed by atoms with Crippen LogP contribution in [0.3, 0.4) is 0 Å². The Balaban J connectivity index is 1.64. The van der Waals surface area contributed by atoms with E-state index in [0.29, 0.717) is 29.9 Å². The molecule has 0 aliphatic carbocycles. The van der Waals surface area contributed by atoms with Crippen molar-refractivity contribution in [1.82, 2.24) is 15.3 Å². The molecule has 0 saturated heterocycles. The molecule has 1 amide bonds. The zero-order chi connectivity index (χ0) is 27.7. The third-order valence-corrected chi connectivity index (χ3v) is 5.83. The molecule has 2 unspecified atom stereocenters. The fourth-order valence-corrected chi connectivity index (χ4v) is 4.00. The van der Waals surface area contributed by atoms with Crippen LogP contribution in [0.15, 0.2) is 34.3 Å². The number of nitrogens with two attached hydrogens (primary N) is 1. The van der Waals surface area contributed by atoms with Gasteiger partial charge in [-0.2, -0.15) is 0 Å². The van der Waals surface area contributed by atoms with Crippen LogP contribution >= 0.6 is 0 Å². The number of aromatic amines is 1. The van der Waals surface area contributed by atoms with Gasteiger partial charge in [-0.05, 0) is 57.4 Å². The minimum atomic E-state index is -1.03. The normalized spacial score (nSPS) is 14.8. The molecule has 1 aliphatic rings. The van der Waals surface area contributed by atoms with Crippen LogP contribution in [0.25, 0.3) is 0 Å². The molecule has 0 bridgehead atoms. The van der Waals surface area contributed by atoms with Crippen molar-refractivity contribution in [2.45, 2.75) is 51.6 Å². The molecule has 3 rings (SSSR count). The molecule has 0 fully saturated rings. The summed E-state index contributed by atoms with van der Waals surface area (Å²) in [5.74, 6) is -1.65. The van der Waals surface area contributed by atoms with Gasteiger partial charge in [-0.15, -0.1) is 4.91 Å². The van der Waals surface area contributed by atoms with Crippen molar-refractivity contribution in [1.29, 1.82) is 0 Å². The summed E-state index contributed by atoms with van der Waals surface area (Å²) in [6.07, 6.45) is 1.06. The highest BCUT2D eigenvalue weighted by atomic mass is 16.5. The van der Waals surface area contributed by atoms with Crippen LogP contribution in [0.4, 0.5) is 17.3 Å². The first-order chi connectivity index (χ1) is 18.2. The number of fused-ring (bicyclic) bond motifs is 1. The van der Waals surface area contributed by atoms with E-state index in [4.69, 9.17) is 15.2 Å². The van der Waals surface area contributed by atoms with Gasteiger partial charge in [0.15, 0.2) is 0 Å². The Kier molecular flexibility index (Phi) is 9.73. The van der Waals surface area contributed by atoms with Gasteiger partial charge >= 0.3 is 11.9 Å². The molecular weight excluding hydrogens is 498 g/mol. The first kappa shape index (κ1) is 28.1. The fourth-order valence-electron chi connectivity index (χ4n) is 4.00. The lowest BCUT2D eigenvalue weighted by Gasteiger charge is -2.28. The molecule has 14 heteroatoms. The molecule has 1 aromatic heterocycles. The number of hydrogen-bond acceptors (Lipinski definition) is 11. The van der Waals surface area contributed by atoms with E-state index < -0.39 is 23.9 Å². The van der Waals surface area contributed by atoms with Gasteiger partial charge in [0.05, 0.1) is 36.4 Å². The van der Waals surface area contributed by atoms with E-state index in [1.54, 1.807) is 26.0 Å². The van der Waals surface area contributed by atoms with Gasteiger partial charge in [0.2, 0.25) is 5.95 Å². The highest BCUT2D eigenvalue weighted by Gasteiger charge is 2.26. The highest BCUT2D eigenvalue weighted by Crippen LogP contribution is 2.23. The first-order valence-corrected chi connectivity index (χ1v) is 12.2. The van der Waals surface area contributed by atoms with Crippen molar-refractivity contribution >= 4 is 35.2 Å². The molecule has 0 saturated carbocycles. The molecule has 1 aliphatic heterocycles. The summed E-state index contributed by atoms with van der Waals surface area (Å²) in [5, 5.41) is 9.96. The van der Waals surface area contributed by atoms with Crippen molar-refractivity contribution in [2.75, 3.05) is 35.8 Å². The van der Waals surface area contributed by atoms with E-state index in [0.717, 1.165) is 0 Å². The third kappa shape index (κ3) is 7.27. The second kappa shape index (κ2) is 13.2. The SMILES string of the molecule is CCOC(=O)CCC(NC(=O)c1ccc(N(CC2CCc3nc(N)[nH]c(=O)c3N2)N=O)cc1)C(=O)OCC. The smallest absolute Gasteiger partial charge is 0.328 e. The maximum Gasteiger partial charge on any atom is 0.328 e. The topological polar surface area (TPSA) is 198 Å². The number of hydrogen-bond donors (Lipinski definition) is 4. The van der Waals surface area contributed by atoms with Gasteiger partial charge in [-0.3, -0.25) is 19.4 Å². The molecule has 0 radical (unpaired) electrons. The summed E-state index contributed by atoms with van der Waals surface area (Å²) < 4.78 is 9.89. The van der Waals surface area contributed by atoms with Gasteiger partial charge in [0.1, 0.15) is 11.7 Å². The Morgan fingerprint density at radius 2 is 1.92 bits per heavy atom. The van der Waals surface area contributed by atoms with E-state index in [2.05, 4.69) is 25.9 Å². The van der Waals surface area contributed by atoms with Gasteiger partial charge < -0.3 is 25.8 Å². The van der Waals surface area contributed by atoms with Gasteiger partial charge in [0, 0.05) is 18.0 Å². The lowest BCUT2D eigenvalue weighted by atomic mass is 10.0. The monoisotopic (exact) mass is 529 g/mol. The Labute approximate surface area is 218 Å². The number of aryl methyl sites for hydroxylation is 1. The minimum Gasteiger partial charge on any atom is -0.466 e. The average Bonchev–Trinajstić information content (AvgIpc) is 2.90. The second-order valence-electron chi connectivity index (χ2n) is 8.49. The van der Waals surface area contributed by atoms with E-state index in [1.807, 2.05) is 0 Å². The predicted molar refractivity (Wildman–Crippen MR) is 138 cm³/mol. The zero-order valence-electron chi connectivity index (χ0n) is 21.2. The van der Waals surface area contributed by atoms with Crippen LogP contribution < -0.4 is 26.9 Å². The molecule has 14 nitrogen and oxygen atoms in total. The number of rotatable bonds is 12. The van der Waals surface area contributed by atoms with Crippen LogP contribution in [0.1, 0.15) is 49.2 Å². The summed E-state index contributed by atoms with van der Waals surface area (Å²) in [7, 11) is 0. The van der Waals surface area contributed by atoms with E-state index in [1.165, 1.54) is 17.1 Å². The fraction of sp³-hybridized carbons (Fsp3) is 0.458. The molecule has 5 N–H and O–H groups in total. The number of benzene rings is 1. The standard InChI is InChI=1S/C24H31N7O7/c1-3-37-19(32)12-11-18(23(35)38-4-2)27-21(33)14-5-8-16(9-6-14)31(30-36)13-15-7-10-17-20(26-15)22(34)29-24(25)28-17/h5-6,8-9,15,18,26H,3-4,7,10-13H2,1-2H3,(H,27,33)(H3,25,28,29,34). The minimum absolute atomic E-state index is 0.0206. The summed E-state index contributed by atoms with van der Waals surface area (Å²) in [4.78, 5) is 67.1. The van der Waals surface area contributed by atoms with Crippen molar-refractivity contribution in [2.24, 2.45) is 5.29 Å². The maximum absolute atomic E-state index is 12.8. The summed E-state index contributed by atoms with van der Waals surface area (Å²) in [6.45, 7) is 3.81. The van der Waals surface area contributed by atoms with Crippen LogP contribution in [0.2, 0.25) is 0 Å².